The van der Waals surface area contributed by atoms with E-state index in [9.17, 15) is 12.8 Å². The van der Waals surface area contributed by atoms with E-state index in [1.807, 2.05) is 12.1 Å². The minimum atomic E-state index is -3.22. The fraction of sp³-hybridized carbons (Fsp3) is 0.556. The van der Waals surface area contributed by atoms with Gasteiger partial charge in [-0.2, -0.15) is 0 Å². The Bertz CT molecular complexity index is 1100. The fourth-order valence-corrected chi connectivity index (χ4v) is 7.11. The van der Waals surface area contributed by atoms with E-state index in [0.717, 1.165) is 56.5 Å². The standard InChI is InChI=1S/C27H35FN2O3S/c28-23-5-3-4-21(16-23)17-26-25-18-24(33-15-12-29-34(31,32)19-20-6-7-20)10-8-22(25)9-11-27(26)30-13-1-2-14-30/h3-5,8,10,16,18,20,26-27,29H,1-2,6-7,9,11-15,17,19H2. The van der Waals surface area contributed by atoms with Crippen molar-refractivity contribution in [3.63, 3.8) is 0 Å². The normalized spacial score (nSPS) is 23.1. The van der Waals surface area contributed by atoms with Gasteiger partial charge in [0.05, 0.1) is 5.75 Å². The second-order valence-electron chi connectivity index (χ2n) is 10.1. The number of ether oxygens (including phenoxy) is 1. The van der Waals surface area contributed by atoms with Crippen molar-refractivity contribution in [3.8, 4) is 5.75 Å². The Morgan fingerprint density at radius 2 is 1.88 bits per heavy atom. The molecule has 3 aliphatic rings. The number of sulfonamides is 1. The number of nitrogens with one attached hydrogen (secondary N) is 1. The number of aryl methyl sites for hydroxylation is 1. The van der Waals surface area contributed by atoms with E-state index in [0.29, 0.717) is 18.6 Å². The van der Waals surface area contributed by atoms with E-state index in [1.54, 1.807) is 12.1 Å². The first-order valence-corrected chi connectivity index (χ1v) is 14.3. The predicted molar refractivity (Wildman–Crippen MR) is 132 cm³/mol. The van der Waals surface area contributed by atoms with Gasteiger partial charge in [0.2, 0.25) is 10.0 Å². The number of fused-ring (bicyclic) bond motifs is 1. The van der Waals surface area contributed by atoms with Crippen LogP contribution in [0, 0.1) is 11.7 Å². The summed E-state index contributed by atoms with van der Waals surface area (Å²) in [6, 6.07) is 13.7. The summed E-state index contributed by atoms with van der Waals surface area (Å²) in [6.07, 6.45) is 7.49. The maximum Gasteiger partial charge on any atom is 0.211 e. The summed E-state index contributed by atoms with van der Waals surface area (Å²) in [5.41, 5.74) is 3.66. The molecule has 34 heavy (non-hydrogen) atoms. The number of nitrogens with zero attached hydrogens (tertiary/aromatic N) is 1. The van der Waals surface area contributed by atoms with Crippen molar-refractivity contribution in [2.24, 2.45) is 5.92 Å². The number of likely N-dealkylation sites (tertiary alicyclic amines) is 1. The van der Waals surface area contributed by atoms with Gasteiger partial charge >= 0.3 is 0 Å². The van der Waals surface area contributed by atoms with Crippen LogP contribution in [-0.4, -0.2) is 51.4 Å². The summed E-state index contributed by atoms with van der Waals surface area (Å²) in [7, 11) is -3.22. The minimum absolute atomic E-state index is 0.188. The van der Waals surface area contributed by atoms with Gasteiger partial charge in [0.15, 0.2) is 0 Å². The molecule has 0 spiro atoms. The Balaban J connectivity index is 1.30. The molecule has 0 radical (unpaired) electrons. The Hall–Kier alpha value is -1.96. The van der Waals surface area contributed by atoms with Crippen LogP contribution in [0.3, 0.4) is 0 Å². The molecular weight excluding hydrogens is 451 g/mol. The first kappa shape index (κ1) is 23.8. The monoisotopic (exact) mass is 486 g/mol. The third-order valence-electron chi connectivity index (χ3n) is 7.49. The van der Waals surface area contributed by atoms with Crippen LogP contribution in [0.4, 0.5) is 4.39 Å². The molecule has 1 saturated heterocycles. The zero-order chi connectivity index (χ0) is 23.5. The number of hydrogen-bond acceptors (Lipinski definition) is 4. The first-order chi connectivity index (χ1) is 16.5. The average Bonchev–Trinajstić information content (AvgIpc) is 3.44. The van der Waals surface area contributed by atoms with Gasteiger partial charge in [-0.15, -0.1) is 0 Å². The maximum absolute atomic E-state index is 13.9. The largest absolute Gasteiger partial charge is 0.492 e. The summed E-state index contributed by atoms with van der Waals surface area (Å²) < 4.78 is 46.7. The predicted octanol–water partition coefficient (Wildman–Crippen LogP) is 4.27. The highest BCUT2D eigenvalue weighted by molar-refractivity contribution is 7.89. The molecule has 5 rings (SSSR count). The smallest absolute Gasteiger partial charge is 0.211 e. The summed E-state index contributed by atoms with van der Waals surface area (Å²) in [4.78, 5) is 2.62. The molecule has 2 fully saturated rings. The molecule has 2 atom stereocenters. The van der Waals surface area contributed by atoms with E-state index in [-0.39, 0.29) is 24.0 Å². The summed E-state index contributed by atoms with van der Waals surface area (Å²) in [6.45, 7) is 2.84. The van der Waals surface area contributed by atoms with E-state index < -0.39 is 10.0 Å². The van der Waals surface area contributed by atoms with Crippen molar-refractivity contribution < 1.29 is 17.5 Å². The van der Waals surface area contributed by atoms with Crippen molar-refractivity contribution >= 4 is 10.0 Å². The lowest BCUT2D eigenvalue weighted by atomic mass is 9.75. The highest BCUT2D eigenvalue weighted by Crippen LogP contribution is 2.40. The van der Waals surface area contributed by atoms with Gasteiger partial charge in [-0.1, -0.05) is 18.2 Å². The van der Waals surface area contributed by atoms with Gasteiger partial charge in [0, 0.05) is 18.5 Å². The molecule has 0 aromatic heterocycles. The van der Waals surface area contributed by atoms with Crippen molar-refractivity contribution in [1.29, 1.82) is 0 Å². The Labute approximate surface area is 202 Å². The molecule has 7 heteroatoms. The molecule has 0 amide bonds. The maximum atomic E-state index is 13.9. The quantitative estimate of drug-likeness (QED) is 0.510. The minimum Gasteiger partial charge on any atom is -0.492 e. The van der Waals surface area contributed by atoms with Crippen LogP contribution < -0.4 is 9.46 Å². The van der Waals surface area contributed by atoms with Crippen molar-refractivity contribution in [2.45, 2.75) is 56.9 Å². The van der Waals surface area contributed by atoms with Gasteiger partial charge in [-0.05, 0) is 105 Å². The van der Waals surface area contributed by atoms with E-state index in [1.165, 1.54) is 30.0 Å². The number of hydrogen-bond donors (Lipinski definition) is 1. The fourth-order valence-electron chi connectivity index (χ4n) is 5.64. The van der Waals surface area contributed by atoms with Gasteiger partial charge in [0.1, 0.15) is 18.2 Å². The van der Waals surface area contributed by atoms with Crippen LogP contribution in [0.2, 0.25) is 0 Å². The van der Waals surface area contributed by atoms with Gasteiger partial charge in [-0.25, -0.2) is 17.5 Å². The second-order valence-corrected chi connectivity index (χ2v) is 12.0. The van der Waals surface area contributed by atoms with E-state index in [2.05, 4.69) is 21.8 Å². The lowest BCUT2D eigenvalue weighted by Gasteiger charge is -2.39. The van der Waals surface area contributed by atoms with Crippen LogP contribution >= 0.6 is 0 Å². The molecular formula is C27H35FN2O3S. The zero-order valence-electron chi connectivity index (χ0n) is 19.7. The SMILES string of the molecule is O=S(=O)(CC1CC1)NCCOc1ccc2c(c1)C(Cc1cccc(F)c1)C(N1CCCC1)CC2. The summed E-state index contributed by atoms with van der Waals surface area (Å²) in [5.74, 6) is 1.42. The van der Waals surface area contributed by atoms with Crippen LogP contribution in [0.1, 0.15) is 54.7 Å². The van der Waals surface area contributed by atoms with Gasteiger partial charge in [-0.3, -0.25) is 4.90 Å². The van der Waals surface area contributed by atoms with Crippen molar-refractivity contribution in [2.75, 3.05) is 32.0 Å². The Morgan fingerprint density at radius 3 is 2.65 bits per heavy atom. The molecule has 184 valence electrons. The highest BCUT2D eigenvalue weighted by atomic mass is 32.2. The molecule has 2 aromatic rings. The molecule has 0 bridgehead atoms. The lowest BCUT2D eigenvalue weighted by Crippen LogP contribution is -2.41. The van der Waals surface area contributed by atoms with Crippen LogP contribution in [-0.2, 0) is 22.9 Å². The number of halogens is 1. The summed E-state index contributed by atoms with van der Waals surface area (Å²) >= 11 is 0. The number of benzene rings is 2. The second kappa shape index (κ2) is 10.3. The first-order valence-electron chi connectivity index (χ1n) is 12.7. The molecule has 1 heterocycles. The van der Waals surface area contributed by atoms with Crippen molar-refractivity contribution in [1.82, 2.24) is 9.62 Å². The average molecular weight is 487 g/mol. The molecule has 2 aliphatic carbocycles. The Kier molecular flexibility index (Phi) is 7.23. The molecule has 2 unspecified atom stereocenters. The van der Waals surface area contributed by atoms with Gasteiger partial charge < -0.3 is 4.74 Å². The van der Waals surface area contributed by atoms with Gasteiger partial charge in [0.25, 0.3) is 0 Å². The van der Waals surface area contributed by atoms with Crippen LogP contribution in [0.5, 0.6) is 5.75 Å². The number of rotatable bonds is 10. The van der Waals surface area contributed by atoms with Crippen LogP contribution in [0.25, 0.3) is 0 Å². The van der Waals surface area contributed by atoms with E-state index in [4.69, 9.17) is 4.74 Å². The molecule has 1 N–H and O–H groups in total. The zero-order valence-corrected chi connectivity index (χ0v) is 20.5. The van der Waals surface area contributed by atoms with Crippen LogP contribution in [0.15, 0.2) is 42.5 Å². The van der Waals surface area contributed by atoms with E-state index >= 15 is 0 Å². The third kappa shape index (κ3) is 5.99. The highest BCUT2D eigenvalue weighted by Gasteiger charge is 2.35. The summed E-state index contributed by atoms with van der Waals surface area (Å²) in [5, 5.41) is 0. The lowest BCUT2D eigenvalue weighted by molar-refractivity contribution is 0.188. The molecule has 2 aromatic carbocycles. The Morgan fingerprint density at radius 1 is 1.06 bits per heavy atom. The molecule has 5 nitrogen and oxygen atoms in total. The topological polar surface area (TPSA) is 58.6 Å². The third-order valence-corrected chi connectivity index (χ3v) is 9.04. The van der Waals surface area contributed by atoms with Crippen molar-refractivity contribution in [3.05, 3.63) is 65.0 Å². The molecule has 1 saturated carbocycles. The molecule has 1 aliphatic heterocycles.